The standard InChI is InChI=1S/C11H12Cl2N2/c1-2-3-7-10(15-14)11-8(12)5-4-6-9(11)13/h1,4-6,10,15H,3,7,14H2. The average Bonchev–Trinajstić information content (AvgIpc) is 2.22. The van der Waals surface area contributed by atoms with Crippen molar-refractivity contribution in [3.05, 3.63) is 33.8 Å². The molecular formula is C11H12Cl2N2. The molecule has 0 aliphatic heterocycles. The van der Waals surface area contributed by atoms with E-state index in [1.807, 2.05) is 0 Å². The molecule has 1 aromatic carbocycles. The van der Waals surface area contributed by atoms with Crippen LogP contribution in [0.15, 0.2) is 18.2 Å². The van der Waals surface area contributed by atoms with Crippen LogP contribution in [0.2, 0.25) is 10.0 Å². The molecule has 1 aromatic rings. The molecule has 1 atom stereocenters. The fourth-order valence-corrected chi connectivity index (χ4v) is 2.04. The van der Waals surface area contributed by atoms with Crippen LogP contribution >= 0.6 is 23.2 Å². The van der Waals surface area contributed by atoms with E-state index in [0.717, 1.165) is 5.56 Å². The highest BCUT2D eigenvalue weighted by atomic mass is 35.5. The van der Waals surface area contributed by atoms with Gasteiger partial charge in [-0.1, -0.05) is 29.3 Å². The van der Waals surface area contributed by atoms with E-state index in [2.05, 4.69) is 11.3 Å². The summed E-state index contributed by atoms with van der Waals surface area (Å²) in [6.07, 6.45) is 6.53. The van der Waals surface area contributed by atoms with Crippen LogP contribution in [0.3, 0.4) is 0 Å². The first-order valence-electron chi connectivity index (χ1n) is 4.54. The summed E-state index contributed by atoms with van der Waals surface area (Å²) >= 11 is 12.1. The van der Waals surface area contributed by atoms with Crippen molar-refractivity contribution in [2.75, 3.05) is 0 Å². The molecule has 4 heteroatoms. The van der Waals surface area contributed by atoms with Gasteiger partial charge in [0.2, 0.25) is 0 Å². The van der Waals surface area contributed by atoms with E-state index >= 15 is 0 Å². The third-order valence-corrected chi connectivity index (χ3v) is 2.79. The Balaban J connectivity index is 2.96. The van der Waals surface area contributed by atoms with Crippen molar-refractivity contribution in [1.29, 1.82) is 0 Å². The molecule has 2 nitrogen and oxygen atoms in total. The maximum Gasteiger partial charge on any atom is 0.0498 e. The highest BCUT2D eigenvalue weighted by Gasteiger charge is 2.15. The molecule has 0 radical (unpaired) electrons. The molecule has 0 aliphatic rings. The second-order valence-electron chi connectivity index (χ2n) is 3.10. The molecule has 0 saturated carbocycles. The number of hydrogen-bond acceptors (Lipinski definition) is 2. The molecule has 0 saturated heterocycles. The number of hydrogen-bond donors (Lipinski definition) is 2. The highest BCUT2D eigenvalue weighted by molar-refractivity contribution is 6.36. The van der Waals surface area contributed by atoms with Gasteiger partial charge in [0, 0.05) is 28.1 Å². The van der Waals surface area contributed by atoms with Crippen LogP contribution < -0.4 is 11.3 Å². The molecular weight excluding hydrogens is 231 g/mol. The number of nitrogens with two attached hydrogens (primary N) is 1. The first-order chi connectivity index (χ1) is 7.20. The van der Waals surface area contributed by atoms with Crippen molar-refractivity contribution >= 4 is 23.2 Å². The van der Waals surface area contributed by atoms with Gasteiger partial charge in [0.1, 0.15) is 0 Å². The fourth-order valence-electron chi connectivity index (χ4n) is 1.38. The number of benzene rings is 1. The van der Waals surface area contributed by atoms with Gasteiger partial charge in [0.25, 0.3) is 0 Å². The van der Waals surface area contributed by atoms with E-state index in [9.17, 15) is 0 Å². The van der Waals surface area contributed by atoms with E-state index < -0.39 is 0 Å². The molecule has 80 valence electrons. The fraction of sp³-hybridized carbons (Fsp3) is 0.273. The Kier molecular flexibility index (Phi) is 4.93. The summed E-state index contributed by atoms with van der Waals surface area (Å²) in [5.74, 6) is 8.01. The van der Waals surface area contributed by atoms with Crippen LogP contribution in [-0.4, -0.2) is 0 Å². The first-order valence-corrected chi connectivity index (χ1v) is 5.29. The minimum absolute atomic E-state index is 0.109. The monoisotopic (exact) mass is 242 g/mol. The van der Waals surface area contributed by atoms with Gasteiger partial charge in [-0.3, -0.25) is 11.3 Å². The van der Waals surface area contributed by atoms with E-state index in [4.69, 9.17) is 35.5 Å². The van der Waals surface area contributed by atoms with Crippen LogP contribution in [0, 0.1) is 12.3 Å². The Morgan fingerprint density at radius 3 is 2.47 bits per heavy atom. The molecule has 0 aromatic heterocycles. The lowest BCUT2D eigenvalue weighted by molar-refractivity contribution is 0.524. The molecule has 0 heterocycles. The van der Waals surface area contributed by atoms with Gasteiger partial charge in [-0.15, -0.1) is 12.3 Å². The van der Waals surface area contributed by atoms with Crippen molar-refractivity contribution < 1.29 is 0 Å². The smallest absolute Gasteiger partial charge is 0.0498 e. The van der Waals surface area contributed by atoms with Crippen molar-refractivity contribution in [2.45, 2.75) is 18.9 Å². The number of halogens is 2. The molecule has 3 N–H and O–H groups in total. The topological polar surface area (TPSA) is 38.0 Å². The minimum atomic E-state index is -0.109. The Hall–Kier alpha value is -0.720. The summed E-state index contributed by atoms with van der Waals surface area (Å²) in [6, 6.07) is 5.25. The second kappa shape index (κ2) is 5.99. The van der Waals surface area contributed by atoms with Gasteiger partial charge in [-0.25, -0.2) is 0 Å². The predicted molar refractivity (Wildman–Crippen MR) is 64.6 cm³/mol. The van der Waals surface area contributed by atoms with E-state index in [-0.39, 0.29) is 6.04 Å². The summed E-state index contributed by atoms with van der Waals surface area (Å²) in [7, 11) is 0. The van der Waals surface area contributed by atoms with Gasteiger partial charge in [-0.05, 0) is 18.6 Å². The van der Waals surface area contributed by atoms with Crippen LogP contribution in [0.4, 0.5) is 0 Å². The maximum absolute atomic E-state index is 6.05. The van der Waals surface area contributed by atoms with Crippen LogP contribution in [0.25, 0.3) is 0 Å². The van der Waals surface area contributed by atoms with Crippen LogP contribution in [0.1, 0.15) is 24.4 Å². The summed E-state index contributed by atoms with van der Waals surface area (Å²) in [5.41, 5.74) is 3.47. The zero-order chi connectivity index (χ0) is 11.3. The number of nitrogens with one attached hydrogen (secondary N) is 1. The number of terminal acetylenes is 1. The molecule has 0 amide bonds. The largest absolute Gasteiger partial charge is 0.271 e. The molecule has 1 unspecified atom stereocenters. The summed E-state index contributed by atoms with van der Waals surface area (Å²) in [5, 5.41) is 1.20. The van der Waals surface area contributed by atoms with Gasteiger partial charge in [-0.2, -0.15) is 0 Å². The third-order valence-electron chi connectivity index (χ3n) is 2.13. The predicted octanol–water partition coefficient (Wildman–Crippen LogP) is 2.91. The lowest BCUT2D eigenvalue weighted by Crippen LogP contribution is -2.28. The van der Waals surface area contributed by atoms with Crippen LogP contribution in [-0.2, 0) is 0 Å². The molecule has 0 spiro atoms. The SMILES string of the molecule is C#CCCC(NN)c1c(Cl)cccc1Cl. The normalized spacial score (nSPS) is 12.1. The van der Waals surface area contributed by atoms with Crippen LogP contribution in [0.5, 0.6) is 0 Å². The molecule has 0 fully saturated rings. The lowest BCUT2D eigenvalue weighted by atomic mass is 10.0. The molecule has 15 heavy (non-hydrogen) atoms. The van der Waals surface area contributed by atoms with E-state index in [0.29, 0.717) is 22.9 Å². The summed E-state index contributed by atoms with van der Waals surface area (Å²) in [4.78, 5) is 0. The minimum Gasteiger partial charge on any atom is -0.271 e. The zero-order valence-electron chi connectivity index (χ0n) is 8.13. The van der Waals surface area contributed by atoms with Crippen molar-refractivity contribution in [2.24, 2.45) is 5.84 Å². The van der Waals surface area contributed by atoms with E-state index in [1.165, 1.54) is 0 Å². The Bertz CT molecular complexity index is 351. The number of hydrazine groups is 1. The Morgan fingerprint density at radius 1 is 1.40 bits per heavy atom. The summed E-state index contributed by atoms with van der Waals surface area (Å²) in [6.45, 7) is 0. The number of rotatable bonds is 4. The maximum atomic E-state index is 6.05. The van der Waals surface area contributed by atoms with Crippen molar-refractivity contribution in [3.8, 4) is 12.3 Å². The summed E-state index contributed by atoms with van der Waals surface area (Å²) < 4.78 is 0. The zero-order valence-corrected chi connectivity index (χ0v) is 9.65. The van der Waals surface area contributed by atoms with Gasteiger partial charge >= 0.3 is 0 Å². The second-order valence-corrected chi connectivity index (χ2v) is 3.91. The van der Waals surface area contributed by atoms with Gasteiger partial charge in [0.05, 0.1) is 0 Å². The highest BCUT2D eigenvalue weighted by Crippen LogP contribution is 2.31. The average molecular weight is 243 g/mol. The van der Waals surface area contributed by atoms with Gasteiger partial charge < -0.3 is 0 Å². The van der Waals surface area contributed by atoms with Crippen molar-refractivity contribution in [1.82, 2.24) is 5.43 Å². The first kappa shape index (κ1) is 12.4. The third kappa shape index (κ3) is 3.12. The van der Waals surface area contributed by atoms with Gasteiger partial charge in [0.15, 0.2) is 0 Å². The molecule has 0 bridgehead atoms. The quantitative estimate of drug-likeness (QED) is 0.484. The lowest BCUT2D eigenvalue weighted by Gasteiger charge is -2.17. The van der Waals surface area contributed by atoms with Crippen molar-refractivity contribution in [3.63, 3.8) is 0 Å². The molecule has 1 rings (SSSR count). The molecule has 0 aliphatic carbocycles. The Morgan fingerprint density at radius 2 is 2.00 bits per heavy atom. The Labute approximate surface area is 99.7 Å². The van der Waals surface area contributed by atoms with E-state index in [1.54, 1.807) is 18.2 Å².